The Hall–Kier alpha value is -3.40. The van der Waals surface area contributed by atoms with Crippen molar-refractivity contribution in [3.8, 4) is 28.5 Å². The molecule has 0 N–H and O–H groups in total. The largest absolute Gasteiger partial charge is 0.497 e. The Kier molecular flexibility index (Phi) is 4.02. The SMILES string of the molecule is COc1cc(OC)cc(C2Oc3cc(C)ccc3-c3cc4cc(C)ccc4n32)c1. The standard InChI is InChI=1S/C25H23NO3/c1-15-6-8-22-17(9-15)13-23-21-7-5-16(2)10-24(21)29-25(26(22)23)18-11-19(27-3)14-20(12-18)28-4/h5-14,25H,1-4H3. The highest BCUT2D eigenvalue weighted by molar-refractivity contribution is 5.89. The number of aryl methyl sites for hydroxylation is 2. The number of rotatable bonds is 3. The molecule has 5 rings (SSSR count). The lowest BCUT2D eigenvalue weighted by atomic mass is 10.0. The summed E-state index contributed by atoms with van der Waals surface area (Å²) in [6, 6.07) is 21.1. The van der Waals surface area contributed by atoms with Gasteiger partial charge in [0.05, 0.1) is 25.4 Å². The summed E-state index contributed by atoms with van der Waals surface area (Å²) in [6.07, 6.45) is -0.316. The molecule has 4 aromatic rings. The van der Waals surface area contributed by atoms with Crippen molar-refractivity contribution in [2.24, 2.45) is 0 Å². The average molecular weight is 385 g/mol. The molecule has 0 bridgehead atoms. The van der Waals surface area contributed by atoms with Crippen LogP contribution in [0.3, 0.4) is 0 Å². The summed E-state index contributed by atoms with van der Waals surface area (Å²) in [5.41, 5.74) is 6.79. The fourth-order valence-electron chi connectivity index (χ4n) is 4.12. The number of hydrogen-bond acceptors (Lipinski definition) is 3. The Balaban J connectivity index is 1.80. The van der Waals surface area contributed by atoms with E-state index in [1.54, 1.807) is 14.2 Å². The molecule has 0 spiro atoms. The third-order valence-corrected chi connectivity index (χ3v) is 5.54. The zero-order valence-electron chi connectivity index (χ0n) is 17.0. The molecule has 4 heteroatoms. The molecule has 1 aliphatic rings. The van der Waals surface area contributed by atoms with Crippen molar-refractivity contribution in [1.82, 2.24) is 4.57 Å². The first-order valence-corrected chi connectivity index (χ1v) is 9.69. The molecule has 29 heavy (non-hydrogen) atoms. The van der Waals surface area contributed by atoms with Crippen LogP contribution < -0.4 is 14.2 Å². The predicted molar refractivity (Wildman–Crippen MR) is 115 cm³/mol. The summed E-state index contributed by atoms with van der Waals surface area (Å²) in [5, 5.41) is 1.21. The van der Waals surface area contributed by atoms with E-state index in [1.165, 1.54) is 16.5 Å². The number of hydrogen-bond donors (Lipinski definition) is 0. The van der Waals surface area contributed by atoms with E-state index in [2.05, 4.69) is 60.9 Å². The van der Waals surface area contributed by atoms with Gasteiger partial charge < -0.3 is 18.8 Å². The van der Waals surface area contributed by atoms with Gasteiger partial charge in [0.15, 0.2) is 0 Å². The highest BCUT2D eigenvalue weighted by atomic mass is 16.5. The van der Waals surface area contributed by atoms with Gasteiger partial charge in [-0.25, -0.2) is 0 Å². The van der Waals surface area contributed by atoms with E-state index in [0.29, 0.717) is 0 Å². The van der Waals surface area contributed by atoms with Crippen LogP contribution in [0.2, 0.25) is 0 Å². The van der Waals surface area contributed by atoms with Gasteiger partial charge in [0.2, 0.25) is 6.23 Å². The van der Waals surface area contributed by atoms with Gasteiger partial charge in [-0.2, -0.15) is 0 Å². The van der Waals surface area contributed by atoms with Gasteiger partial charge in [0, 0.05) is 22.6 Å². The van der Waals surface area contributed by atoms with Gasteiger partial charge in [-0.05, 0) is 61.9 Å². The number of aromatic nitrogens is 1. The molecule has 3 aromatic carbocycles. The van der Waals surface area contributed by atoms with Crippen LogP contribution >= 0.6 is 0 Å². The first-order chi connectivity index (χ1) is 14.1. The average Bonchev–Trinajstić information content (AvgIpc) is 3.10. The van der Waals surface area contributed by atoms with Gasteiger partial charge in [-0.1, -0.05) is 17.7 Å². The second-order valence-corrected chi connectivity index (χ2v) is 7.58. The number of ether oxygens (including phenoxy) is 3. The Morgan fingerprint density at radius 2 is 1.48 bits per heavy atom. The third kappa shape index (κ3) is 2.83. The summed E-state index contributed by atoms with van der Waals surface area (Å²) in [4.78, 5) is 0. The fraction of sp³-hybridized carbons (Fsp3) is 0.200. The summed E-state index contributed by atoms with van der Waals surface area (Å²) < 4.78 is 19.8. The molecule has 0 radical (unpaired) electrons. The minimum absolute atomic E-state index is 0.316. The second kappa shape index (κ2) is 6.59. The molecule has 0 fully saturated rings. The molecule has 0 amide bonds. The van der Waals surface area contributed by atoms with Crippen LogP contribution in [0, 0.1) is 13.8 Å². The highest BCUT2D eigenvalue weighted by Gasteiger charge is 2.29. The molecule has 4 nitrogen and oxygen atoms in total. The fourth-order valence-corrected chi connectivity index (χ4v) is 4.12. The minimum Gasteiger partial charge on any atom is -0.497 e. The summed E-state index contributed by atoms with van der Waals surface area (Å²) in [5.74, 6) is 2.38. The van der Waals surface area contributed by atoms with E-state index >= 15 is 0 Å². The molecule has 146 valence electrons. The van der Waals surface area contributed by atoms with Gasteiger partial charge in [0.1, 0.15) is 17.2 Å². The van der Waals surface area contributed by atoms with Crippen molar-refractivity contribution in [2.45, 2.75) is 20.1 Å². The van der Waals surface area contributed by atoms with Crippen molar-refractivity contribution in [2.75, 3.05) is 14.2 Å². The van der Waals surface area contributed by atoms with E-state index in [1.807, 2.05) is 18.2 Å². The van der Waals surface area contributed by atoms with Crippen molar-refractivity contribution in [3.63, 3.8) is 0 Å². The Morgan fingerprint density at radius 3 is 2.21 bits per heavy atom. The molecule has 1 aliphatic heterocycles. The van der Waals surface area contributed by atoms with Crippen molar-refractivity contribution in [3.05, 3.63) is 77.4 Å². The predicted octanol–water partition coefficient (Wildman–Crippen LogP) is 5.88. The first kappa shape index (κ1) is 17.7. The Bertz CT molecular complexity index is 1220. The zero-order valence-corrected chi connectivity index (χ0v) is 17.0. The molecule has 0 saturated carbocycles. The van der Waals surface area contributed by atoms with Gasteiger partial charge in [-0.15, -0.1) is 0 Å². The van der Waals surface area contributed by atoms with Crippen molar-refractivity contribution in [1.29, 1.82) is 0 Å². The van der Waals surface area contributed by atoms with Crippen LogP contribution in [0.5, 0.6) is 17.2 Å². The lowest BCUT2D eigenvalue weighted by Crippen LogP contribution is -2.22. The maximum atomic E-state index is 6.57. The Labute approximate surface area is 170 Å². The summed E-state index contributed by atoms with van der Waals surface area (Å²) in [7, 11) is 3.33. The third-order valence-electron chi connectivity index (χ3n) is 5.54. The molecular weight excluding hydrogens is 362 g/mol. The van der Waals surface area contributed by atoms with Gasteiger partial charge >= 0.3 is 0 Å². The van der Waals surface area contributed by atoms with E-state index in [4.69, 9.17) is 14.2 Å². The topological polar surface area (TPSA) is 32.6 Å². The van der Waals surface area contributed by atoms with Gasteiger partial charge in [0.25, 0.3) is 0 Å². The molecule has 1 unspecified atom stereocenters. The number of nitrogens with zero attached hydrogens (tertiary/aromatic N) is 1. The van der Waals surface area contributed by atoms with E-state index in [0.717, 1.165) is 39.6 Å². The van der Waals surface area contributed by atoms with E-state index < -0.39 is 0 Å². The maximum absolute atomic E-state index is 6.57. The Morgan fingerprint density at radius 1 is 0.793 bits per heavy atom. The highest BCUT2D eigenvalue weighted by Crippen LogP contribution is 2.45. The molecule has 1 aromatic heterocycles. The van der Waals surface area contributed by atoms with Crippen LogP contribution in [0.4, 0.5) is 0 Å². The van der Waals surface area contributed by atoms with Crippen LogP contribution in [0.15, 0.2) is 60.7 Å². The van der Waals surface area contributed by atoms with Crippen molar-refractivity contribution >= 4 is 10.9 Å². The number of fused-ring (bicyclic) bond motifs is 5. The quantitative estimate of drug-likeness (QED) is 0.441. The van der Waals surface area contributed by atoms with Crippen LogP contribution in [-0.2, 0) is 0 Å². The van der Waals surface area contributed by atoms with Crippen LogP contribution in [0.1, 0.15) is 22.9 Å². The second-order valence-electron chi connectivity index (χ2n) is 7.58. The lowest BCUT2D eigenvalue weighted by molar-refractivity contribution is 0.172. The maximum Gasteiger partial charge on any atom is 0.203 e. The van der Waals surface area contributed by atoms with Crippen LogP contribution in [-0.4, -0.2) is 18.8 Å². The monoisotopic (exact) mass is 385 g/mol. The number of benzene rings is 3. The molecule has 2 heterocycles. The van der Waals surface area contributed by atoms with Gasteiger partial charge in [-0.3, -0.25) is 0 Å². The molecule has 0 saturated heterocycles. The normalized spacial score (nSPS) is 14.8. The zero-order chi connectivity index (χ0) is 20.1. The van der Waals surface area contributed by atoms with Crippen LogP contribution in [0.25, 0.3) is 22.2 Å². The molecular formula is C25H23NO3. The lowest BCUT2D eigenvalue weighted by Gasteiger charge is -2.31. The summed E-state index contributed by atoms with van der Waals surface area (Å²) >= 11 is 0. The summed E-state index contributed by atoms with van der Waals surface area (Å²) in [6.45, 7) is 4.20. The minimum atomic E-state index is -0.316. The van der Waals surface area contributed by atoms with E-state index in [9.17, 15) is 0 Å². The van der Waals surface area contributed by atoms with E-state index in [-0.39, 0.29) is 6.23 Å². The number of methoxy groups -OCH3 is 2. The van der Waals surface area contributed by atoms with Crippen molar-refractivity contribution < 1.29 is 14.2 Å². The first-order valence-electron chi connectivity index (χ1n) is 9.69. The smallest absolute Gasteiger partial charge is 0.203 e. The molecule has 1 atom stereocenters. The molecule has 0 aliphatic carbocycles.